The van der Waals surface area contributed by atoms with E-state index < -0.39 is 0 Å². The molecule has 0 bridgehead atoms. The summed E-state index contributed by atoms with van der Waals surface area (Å²) in [6, 6.07) is 0. The molecule has 0 aromatic carbocycles. The molecule has 0 aliphatic rings. The van der Waals surface area contributed by atoms with Gasteiger partial charge in [0.1, 0.15) is 4.47 Å². The van der Waals surface area contributed by atoms with E-state index in [4.69, 9.17) is 0 Å². The number of aromatic nitrogens is 2. The highest BCUT2D eigenvalue weighted by Crippen LogP contribution is 2.02. The Morgan fingerprint density at radius 1 is 1.43 bits per heavy atom. The van der Waals surface area contributed by atoms with Gasteiger partial charge in [-0.15, -0.1) is 0 Å². The highest BCUT2D eigenvalue weighted by atomic mass is 79.9. The van der Waals surface area contributed by atoms with Crippen molar-refractivity contribution in [2.45, 2.75) is 39.2 Å². The van der Waals surface area contributed by atoms with Gasteiger partial charge in [0.05, 0.1) is 6.33 Å². The Kier molecular flexibility index (Phi) is 4.87. The van der Waals surface area contributed by atoms with Crippen molar-refractivity contribution < 1.29 is 0 Å². The summed E-state index contributed by atoms with van der Waals surface area (Å²) in [5.41, 5.74) is 0.0106. The van der Waals surface area contributed by atoms with Crippen molar-refractivity contribution in [3.8, 4) is 0 Å². The highest BCUT2D eigenvalue weighted by molar-refractivity contribution is 9.10. The van der Waals surface area contributed by atoms with Crippen LogP contribution in [0.25, 0.3) is 0 Å². The predicted molar refractivity (Wildman–Crippen MR) is 60.3 cm³/mol. The Morgan fingerprint density at radius 2 is 2.21 bits per heavy atom. The number of unbranched alkanes of at least 4 members (excludes halogenated alkanes) is 3. The molecule has 0 aliphatic heterocycles. The molecule has 14 heavy (non-hydrogen) atoms. The van der Waals surface area contributed by atoms with Gasteiger partial charge in [-0.1, -0.05) is 26.2 Å². The first kappa shape index (κ1) is 11.4. The van der Waals surface area contributed by atoms with Crippen LogP contribution >= 0.6 is 15.9 Å². The molecular formula is C10H15BrN2O. The molecule has 0 unspecified atom stereocenters. The van der Waals surface area contributed by atoms with Crippen LogP contribution in [0, 0.1) is 0 Å². The van der Waals surface area contributed by atoms with Crippen LogP contribution in [0.1, 0.15) is 32.6 Å². The summed E-state index contributed by atoms with van der Waals surface area (Å²) in [7, 11) is 0. The van der Waals surface area contributed by atoms with Gasteiger partial charge < -0.3 is 0 Å². The van der Waals surface area contributed by atoms with Crippen molar-refractivity contribution >= 4 is 15.9 Å². The normalized spacial score (nSPS) is 10.4. The van der Waals surface area contributed by atoms with Gasteiger partial charge in [0.25, 0.3) is 5.56 Å². The lowest BCUT2D eigenvalue weighted by molar-refractivity contribution is 0.562. The van der Waals surface area contributed by atoms with Gasteiger partial charge in [-0.25, -0.2) is 4.98 Å². The van der Waals surface area contributed by atoms with Crippen molar-refractivity contribution in [1.82, 2.24) is 9.55 Å². The van der Waals surface area contributed by atoms with Crippen LogP contribution < -0.4 is 5.56 Å². The van der Waals surface area contributed by atoms with Gasteiger partial charge in [0, 0.05) is 12.7 Å². The van der Waals surface area contributed by atoms with E-state index in [2.05, 4.69) is 27.8 Å². The molecule has 0 amide bonds. The van der Waals surface area contributed by atoms with E-state index in [1.165, 1.54) is 25.5 Å². The van der Waals surface area contributed by atoms with Crippen LogP contribution in [0.2, 0.25) is 0 Å². The molecule has 1 heterocycles. The van der Waals surface area contributed by atoms with Crippen LogP contribution in [-0.2, 0) is 6.54 Å². The molecule has 0 radical (unpaired) electrons. The van der Waals surface area contributed by atoms with Gasteiger partial charge in [0.15, 0.2) is 0 Å². The van der Waals surface area contributed by atoms with E-state index in [0.29, 0.717) is 4.47 Å². The maximum absolute atomic E-state index is 11.5. The topological polar surface area (TPSA) is 34.9 Å². The van der Waals surface area contributed by atoms with Crippen LogP contribution in [0.3, 0.4) is 0 Å². The number of hydrogen-bond donors (Lipinski definition) is 0. The summed E-state index contributed by atoms with van der Waals surface area (Å²) in [6.45, 7) is 2.94. The molecule has 0 aliphatic carbocycles. The standard InChI is InChI=1S/C10H15BrN2O/c1-2-3-4-5-6-13-8-12-7-9(11)10(13)14/h7-8H,2-6H2,1H3. The van der Waals surface area contributed by atoms with E-state index in [0.717, 1.165) is 13.0 Å². The Balaban J connectivity index is 2.51. The van der Waals surface area contributed by atoms with E-state index in [-0.39, 0.29) is 5.56 Å². The zero-order chi connectivity index (χ0) is 10.4. The van der Waals surface area contributed by atoms with Crippen molar-refractivity contribution in [3.63, 3.8) is 0 Å². The molecular weight excluding hydrogens is 244 g/mol. The van der Waals surface area contributed by atoms with Gasteiger partial charge >= 0.3 is 0 Å². The lowest BCUT2D eigenvalue weighted by Gasteiger charge is -2.04. The first-order valence-corrected chi connectivity index (χ1v) is 5.75. The molecule has 0 spiro atoms. The summed E-state index contributed by atoms with van der Waals surface area (Å²) in [5.74, 6) is 0. The first-order chi connectivity index (χ1) is 6.75. The molecule has 78 valence electrons. The maximum Gasteiger partial charge on any atom is 0.267 e. The molecule has 1 aromatic heterocycles. The minimum atomic E-state index is 0.0106. The number of rotatable bonds is 5. The average Bonchev–Trinajstić information content (AvgIpc) is 2.19. The third-order valence-electron chi connectivity index (χ3n) is 2.11. The third-order valence-corrected chi connectivity index (χ3v) is 2.66. The summed E-state index contributed by atoms with van der Waals surface area (Å²) in [5, 5.41) is 0. The minimum absolute atomic E-state index is 0.0106. The fourth-order valence-electron chi connectivity index (χ4n) is 1.29. The fraction of sp³-hybridized carbons (Fsp3) is 0.600. The molecule has 4 heteroatoms. The Labute approximate surface area is 92.3 Å². The van der Waals surface area contributed by atoms with E-state index in [9.17, 15) is 4.79 Å². The van der Waals surface area contributed by atoms with Crippen LogP contribution in [0.15, 0.2) is 21.8 Å². The van der Waals surface area contributed by atoms with Crippen LogP contribution in [-0.4, -0.2) is 9.55 Å². The zero-order valence-electron chi connectivity index (χ0n) is 8.37. The number of halogens is 1. The maximum atomic E-state index is 11.5. The van der Waals surface area contributed by atoms with E-state index in [1.807, 2.05) is 0 Å². The summed E-state index contributed by atoms with van der Waals surface area (Å²) in [4.78, 5) is 15.5. The van der Waals surface area contributed by atoms with Gasteiger partial charge in [0.2, 0.25) is 0 Å². The second-order valence-electron chi connectivity index (χ2n) is 3.30. The lowest BCUT2D eigenvalue weighted by Crippen LogP contribution is -2.20. The minimum Gasteiger partial charge on any atom is -0.298 e. The summed E-state index contributed by atoms with van der Waals surface area (Å²) >= 11 is 3.17. The van der Waals surface area contributed by atoms with E-state index in [1.54, 1.807) is 10.9 Å². The molecule has 3 nitrogen and oxygen atoms in total. The Morgan fingerprint density at radius 3 is 2.93 bits per heavy atom. The Hall–Kier alpha value is -0.640. The zero-order valence-corrected chi connectivity index (χ0v) is 9.96. The van der Waals surface area contributed by atoms with E-state index >= 15 is 0 Å². The van der Waals surface area contributed by atoms with Gasteiger partial charge in [-0.2, -0.15) is 0 Å². The van der Waals surface area contributed by atoms with Crippen molar-refractivity contribution in [2.75, 3.05) is 0 Å². The third kappa shape index (κ3) is 3.25. The van der Waals surface area contributed by atoms with Crippen LogP contribution in [0.4, 0.5) is 0 Å². The van der Waals surface area contributed by atoms with Crippen molar-refractivity contribution in [1.29, 1.82) is 0 Å². The molecule has 1 aromatic rings. The first-order valence-electron chi connectivity index (χ1n) is 4.95. The quantitative estimate of drug-likeness (QED) is 0.762. The van der Waals surface area contributed by atoms with Gasteiger partial charge in [-0.05, 0) is 22.4 Å². The Bertz CT molecular complexity index is 335. The molecule has 0 saturated carbocycles. The monoisotopic (exact) mass is 258 g/mol. The lowest BCUT2D eigenvalue weighted by atomic mass is 10.2. The fourth-order valence-corrected chi connectivity index (χ4v) is 1.64. The van der Waals surface area contributed by atoms with Gasteiger partial charge in [-0.3, -0.25) is 9.36 Å². The average molecular weight is 259 g/mol. The van der Waals surface area contributed by atoms with Crippen molar-refractivity contribution in [2.24, 2.45) is 0 Å². The predicted octanol–water partition coefficient (Wildman–Crippen LogP) is 2.59. The summed E-state index contributed by atoms with van der Waals surface area (Å²) in [6.07, 6.45) is 7.80. The second-order valence-corrected chi connectivity index (χ2v) is 4.16. The molecule has 1 rings (SSSR count). The molecule has 0 N–H and O–H groups in total. The van der Waals surface area contributed by atoms with Crippen molar-refractivity contribution in [3.05, 3.63) is 27.4 Å². The SMILES string of the molecule is CCCCCCn1cncc(Br)c1=O. The number of nitrogens with zero attached hydrogens (tertiary/aromatic N) is 2. The highest BCUT2D eigenvalue weighted by Gasteiger charge is 1.99. The smallest absolute Gasteiger partial charge is 0.267 e. The molecule has 0 saturated heterocycles. The van der Waals surface area contributed by atoms with Crippen LogP contribution in [0.5, 0.6) is 0 Å². The number of hydrogen-bond acceptors (Lipinski definition) is 2. The largest absolute Gasteiger partial charge is 0.298 e. The second kappa shape index (κ2) is 5.96. The molecule has 0 fully saturated rings. The molecule has 0 atom stereocenters. The number of aryl methyl sites for hydroxylation is 1. The summed E-state index contributed by atoms with van der Waals surface area (Å²) < 4.78 is 2.19.